The Balaban J connectivity index is 1.53. The Hall–Kier alpha value is -4.13. The van der Waals surface area contributed by atoms with Gasteiger partial charge in [0.2, 0.25) is 0 Å². The van der Waals surface area contributed by atoms with E-state index in [2.05, 4.69) is 19.9 Å². The van der Waals surface area contributed by atoms with Crippen LogP contribution < -0.4 is 5.73 Å². The molecule has 5 rings (SSSR count). The van der Waals surface area contributed by atoms with Gasteiger partial charge >= 0.3 is 6.18 Å². The zero-order valence-corrected chi connectivity index (χ0v) is 20.2. The number of guanidine groups is 1. The summed E-state index contributed by atoms with van der Waals surface area (Å²) in [5.41, 5.74) is 5.97. The van der Waals surface area contributed by atoms with E-state index in [1.54, 1.807) is 13.0 Å². The maximum atomic E-state index is 15.4. The molecular weight excluding hydrogens is 506 g/mol. The SMILES string of the molecule is C[C@H](c1ncccn1)N(Cc1ccc(C(F)(F)F)cn1)C(=O)c1cc2c(cc1F)N=C(N)N1CCOCC21. The molecule has 1 fully saturated rings. The molecular formula is C25H23F4N7O2. The number of pyridine rings is 1. The molecule has 0 bridgehead atoms. The number of benzene rings is 1. The first-order valence-electron chi connectivity index (χ1n) is 11.8. The van der Waals surface area contributed by atoms with Crippen molar-refractivity contribution in [3.8, 4) is 0 Å². The van der Waals surface area contributed by atoms with Gasteiger partial charge in [0, 0.05) is 36.8 Å². The molecule has 1 amide bonds. The summed E-state index contributed by atoms with van der Waals surface area (Å²) < 4.78 is 60.0. The Kier molecular flexibility index (Phi) is 6.69. The van der Waals surface area contributed by atoms with Gasteiger partial charge in [-0.3, -0.25) is 9.78 Å². The Morgan fingerprint density at radius 2 is 2.00 bits per heavy atom. The number of halogens is 4. The number of carbonyl (C=O) groups is 1. The summed E-state index contributed by atoms with van der Waals surface area (Å²) in [5.74, 6) is -1.01. The fraction of sp³-hybridized carbons (Fsp3) is 0.320. The van der Waals surface area contributed by atoms with E-state index in [1.165, 1.54) is 29.4 Å². The highest BCUT2D eigenvalue weighted by Gasteiger charge is 2.35. The highest BCUT2D eigenvalue weighted by Crippen LogP contribution is 2.38. The topological polar surface area (TPSA) is 110 Å². The summed E-state index contributed by atoms with van der Waals surface area (Å²) in [6.45, 7) is 2.67. The van der Waals surface area contributed by atoms with E-state index < -0.39 is 29.5 Å². The number of carbonyl (C=O) groups excluding carboxylic acids is 1. The summed E-state index contributed by atoms with van der Waals surface area (Å²) in [4.78, 5) is 33.5. The van der Waals surface area contributed by atoms with E-state index in [0.29, 0.717) is 30.6 Å². The first kappa shape index (κ1) is 25.5. The molecule has 2 atom stereocenters. The summed E-state index contributed by atoms with van der Waals surface area (Å²) in [5, 5.41) is 0. The molecule has 2 aliphatic heterocycles. The van der Waals surface area contributed by atoms with Gasteiger partial charge in [-0.25, -0.2) is 19.4 Å². The quantitative estimate of drug-likeness (QED) is 0.501. The van der Waals surface area contributed by atoms with E-state index in [9.17, 15) is 18.0 Å². The van der Waals surface area contributed by atoms with Crippen molar-refractivity contribution in [3.05, 3.63) is 82.9 Å². The largest absolute Gasteiger partial charge is 0.417 e. The van der Waals surface area contributed by atoms with Crippen molar-refractivity contribution in [2.45, 2.75) is 31.7 Å². The summed E-state index contributed by atoms with van der Waals surface area (Å²) in [7, 11) is 0. The average molecular weight is 529 g/mol. The van der Waals surface area contributed by atoms with Crippen LogP contribution in [0.25, 0.3) is 0 Å². The van der Waals surface area contributed by atoms with Gasteiger partial charge in [-0.1, -0.05) is 0 Å². The molecule has 0 aliphatic carbocycles. The van der Waals surface area contributed by atoms with Crippen LogP contribution in [-0.2, 0) is 17.5 Å². The second kappa shape index (κ2) is 9.97. The molecule has 9 nitrogen and oxygen atoms in total. The van der Waals surface area contributed by atoms with Crippen molar-refractivity contribution < 1.29 is 27.1 Å². The van der Waals surface area contributed by atoms with Crippen LogP contribution in [-0.4, -0.2) is 56.4 Å². The molecule has 2 N–H and O–H groups in total. The first-order valence-corrected chi connectivity index (χ1v) is 11.8. The van der Waals surface area contributed by atoms with Crippen LogP contribution >= 0.6 is 0 Å². The van der Waals surface area contributed by atoms with Crippen molar-refractivity contribution in [1.29, 1.82) is 0 Å². The molecule has 0 saturated carbocycles. The monoisotopic (exact) mass is 529 g/mol. The van der Waals surface area contributed by atoms with Crippen LogP contribution in [0.1, 0.15) is 52.0 Å². The van der Waals surface area contributed by atoms with E-state index in [-0.39, 0.29) is 42.2 Å². The molecule has 4 heterocycles. The first-order chi connectivity index (χ1) is 18.1. The number of fused-ring (bicyclic) bond motifs is 3. The molecule has 38 heavy (non-hydrogen) atoms. The van der Waals surface area contributed by atoms with Gasteiger partial charge in [-0.15, -0.1) is 0 Å². The Labute approximate surface area is 215 Å². The second-order valence-corrected chi connectivity index (χ2v) is 8.90. The Morgan fingerprint density at radius 1 is 1.24 bits per heavy atom. The lowest BCUT2D eigenvalue weighted by Crippen LogP contribution is -2.48. The third-order valence-electron chi connectivity index (χ3n) is 6.54. The molecule has 0 spiro atoms. The second-order valence-electron chi connectivity index (χ2n) is 8.90. The van der Waals surface area contributed by atoms with E-state index in [1.807, 2.05) is 4.90 Å². The van der Waals surface area contributed by atoms with Gasteiger partial charge in [0.1, 0.15) is 11.6 Å². The van der Waals surface area contributed by atoms with Crippen molar-refractivity contribution in [2.24, 2.45) is 10.7 Å². The average Bonchev–Trinajstić information content (AvgIpc) is 2.91. The van der Waals surface area contributed by atoms with Crippen molar-refractivity contribution in [2.75, 3.05) is 19.8 Å². The van der Waals surface area contributed by atoms with Crippen LogP contribution in [0.15, 0.2) is 53.9 Å². The summed E-state index contributed by atoms with van der Waals surface area (Å²) >= 11 is 0. The van der Waals surface area contributed by atoms with E-state index in [4.69, 9.17) is 10.5 Å². The standard InChI is InChI=1S/C25H23F4N7O2/c1-14(22-31-5-2-6-32-22)36(12-16-4-3-15(11-33-16)25(27,28)29)23(37)17-9-18-20(10-19(17)26)34-24(30)35-7-8-38-13-21(18)35/h2-6,9-11,14,21H,7-8,12-13H2,1H3,(H2,30,34)/t14-,21?/m1/s1. The smallest absolute Gasteiger partial charge is 0.377 e. The van der Waals surface area contributed by atoms with Gasteiger partial charge in [0.25, 0.3) is 5.91 Å². The Morgan fingerprint density at radius 3 is 2.68 bits per heavy atom. The molecule has 1 unspecified atom stereocenters. The zero-order chi connectivity index (χ0) is 27.0. The number of alkyl halides is 3. The molecule has 1 aromatic carbocycles. The molecule has 3 aromatic rings. The van der Waals surface area contributed by atoms with Gasteiger partial charge < -0.3 is 20.3 Å². The lowest BCUT2D eigenvalue weighted by molar-refractivity contribution is -0.137. The van der Waals surface area contributed by atoms with Crippen LogP contribution in [0.5, 0.6) is 0 Å². The fourth-order valence-corrected chi connectivity index (χ4v) is 4.50. The van der Waals surface area contributed by atoms with Crippen LogP contribution in [0.2, 0.25) is 0 Å². The number of nitrogens with two attached hydrogens (primary N) is 1. The molecule has 198 valence electrons. The number of aliphatic imine (C=N–C) groups is 1. The van der Waals surface area contributed by atoms with E-state index in [0.717, 1.165) is 12.1 Å². The minimum atomic E-state index is -4.55. The highest BCUT2D eigenvalue weighted by molar-refractivity contribution is 5.96. The minimum absolute atomic E-state index is 0.178. The highest BCUT2D eigenvalue weighted by atomic mass is 19.4. The molecule has 2 aliphatic rings. The number of hydrogen-bond acceptors (Lipinski definition) is 8. The zero-order valence-electron chi connectivity index (χ0n) is 20.2. The summed E-state index contributed by atoms with van der Waals surface area (Å²) in [6, 6.07) is 5.15. The molecule has 1 saturated heterocycles. The van der Waals surface area contributed by atoms with Gasteiger partial charge in [0.15, 0.2) is 5.96 Å². The normalized spacial score (nSPS) is 17.8. The lowest BCUT2D eigenvalue weighted by Gasteiger charge is -2.39. The molecule has 0 radical (unpaired) electrons. The van der Waals surface area contributed by atoms with Crippen molar-refractivity contribution >= 4 is 17.6 Å². The van der Waals surface area contributed by atoms with E-state index >= 15 is 4.39 Å². The molecule has 2 aromatic heterocycles. The predicted octanol–water partition coefficient (Wildman–Crippen LogP) is 3.77. The predicted molar refractivity (Wildman–Crippen MR) is 128 cm³/mol. The Bertz CT molecular complexity index is 1370. The van der Waals surface area contributed by atoms with Crippen molar-refractivity contribution in [1.82, 2.24) is 24.8 Å². The van der Waals surface area contributed by atoms with Crippen LogP contribution in [0.4, 0.5) is 23.2 Å². The number of hydrogen-bond donors (Lipinski definition) is 1. The number of nitrogens with zero attached hydrogens (tertiary/aromatic N) is 6. The van der Waals surface area contributed by atoms with Gasteiger partial charge in [-0.05, 0) is 31.2 Å². The molecule has 13 heteroatoms. The minimum Gasteiger partial charge on any atom is -0.377 e. The van der Waals surface area contributed by atoms with Gasteiger partial charge in [0.05, 0.1) is 54.4 Å². The number of ether oxygens (including phenoxy) is 1. The maximum Gasteiger partial charge on any atom is 0.417 e. The fourth-order valence-electron chi connectivity index (χ4n) is 4.50. The van der Waals surface area contributed by atoms with Crippen LogP contribution in [0.3, 0.4) is 0 Å². The summed E-state index contributed by atoms with van der Waals surface area (Å²) in [6.07, 6.45) is -0.864. The number of amides is 1. The number of morpholine rings is 1. The van der Waals surface area contributed by atoms with Gasteiger partial charge in [-0.2, -0.15) is 13.2 Å². The van der Waals surface area contributed by atoms with Crippen LogP contribution in [0, 0.1) is 5.82 Å². The third kappa shape index (κ3) is 4.88. The number of rotatable bonds is 5. The van der Waals surface area contributed by atoms with Crippen molar-refractivity contribution in [3.63, 3.8) is 0 Å². The third-order valence-corrected chi connectivity index (χ3v) is 6.54. The lowest BCUT2D eigenvalue weighted by atomic mass is 9.97. The maximum absolute atomic E-state index is 15.4. The number of aromatic nitrogens is 3.